The molecule has 0 unspecified atom stereocenters. The molecule has 0 bridgehead atoms. The van der Waals surface area contributed by atoms with Crippen molar-refractivity contribution in [3.05, 3.63) is 35.9 Å². The zero-order valence-corrected chi connectivity index (χ0v) is 13.1. The lowest BCUT2D eigenvalue weighted by Crippen LogP contribution is -2.49. The second-order valence-electron chi connectivity index (χ2n) is 5.98. The minimum atomic E-state index is -4.04. The molecular weight excluding hydrogens is 302 g/mol. The molecule has 0 radical (unpaired) electrons. The molecule has 1 saturated heterocycles. The van der Waals surface area contributed by atoms with Crippen LogP contribution in [0.4, 0.5) is 0 Å². The number of benzene rings is 1. The monoisotopic (exact) mass is 321 g/mol. The van der Waals surface area contributed by atoms with Crippen LogP contribution in [0.2, 0.25) is 0 Å². The molecule has 2 amide bonds. The average molecular weight is 321 g/mol. The molecule has 0 atom stereocenters. The van der Waals surface area contributed by atoms with Crippen LogP contribution in [-0.4, -0.2) is 24.5 Å². The highest BCUT2D eigenvalue weighted by Gasteiger charge is 2.53. The van der Waals surface area contributed by atoms with Crippen molar-refractivity contribution in [2.75, 3.05) is 0 Å². The fraction of sp³-hybridized carbons (Fsp3) is 0.500. The summed E-state index contributed by atoms with van der Waals surface area (Å²) in [7, 11) is -4.04. The van der Waals surface area contributed by atoms with Gasteiger partial charge in [0.1, 0.15) is 4.75 Å². The van der Waals surface area contributed by atoms with Gasteiger partial charge in [-0.3, -0.25) is 9.59 Å². The van der Waals surface area contributed by atoms with E-state index in [1.165, 1.54) is 0 Å². The first kappa shape index (κ1) is 15.2. The molecule has 1 aromatic rings. The van der Waals surface area contributed by atoms with Gasteiger partial charge in [0.2, 0.25) is 11.8 Å². The normalized spacial score (nSPS) is 22.1. The second kappa shape index (κ2) is 5.50. The Balaban J connectivity index is 2.14. The standard InChI is InChI=1S/C16H19NO4S/c18-14-9-10-15(19)17(14)22(20,21)16(11-5-2-6-12-16)13-7-3-1-4-8-13/h1,3-4,7-8H,2,5-6,9-12H2. The molecule has 2 aliphatic rings. The summed E-state index contributed by atoms with van der Waals surface area (Å²) in [4.78, 5) is 23.9. The minimum absolute atomic E-state index is 0.0110. The third kappa shape index (κ3) is 2.17. The summed E-state index contributed by atoms with van der Waals surface area (Å²) in [5, 5.41) is 0. The van der Waals surface area contributed by atoms with Crippen molar-refractivity contribution in [3.63, 3.8) is 0 Å². The predicted molar refractivity (Wildman–Crippen MR) is 81.2 cm³/mol. The van der Waals surface area contributed by atoms with Crippen LogP contribution in [0.25, 0.3) is 0 Å². The Bertz CT molecular complexity index is 674. The molecule has 6 heteroatoms. The summed E-state index contributed by atoms with van der Waals surface area (Å²) < 4.78 is 25.8. The number of sulfonamides is 1. The van der Waals surface area contributed by atoms with E-state index in [1.807, 2.05) is 6.07 Å². The summed E-state index contributed by atoms with van der Waals surface area (Å²) in [6.07, 6.45) is 3.43. The first-order valence-corrected chi connectivity index (χ1v) is 9.09. The summed E-state index contributed by atoms with van der Waals surface area (Å²) >= 11 is 0. The number of carbonyl (C=O) groups is 2. The zero-order valence-electron chi connectivity index (χ0n) is 12.3. The van der Waals surface area contributed by atoms with E-state index in [4.69, 9.17) is 0 Å². The lowest BCUT2D eigenvalue weighted by molar-refractivity contribution is -0.132. The molecule has 2 fully saturated rings. The summed E-state index contributed by atoms with van der Waals surface area (Å²) in [5.74, 6) is -1.18. The number of imide groups is 1. The van der Waals surface area contributed by atoms with Crippen LogP contribution in [0.3, 0.4) is 0 Å². The minimum Gasteiger partial charge on any atom is -0.273 e. The number of rotatable bonds is 3. The van der Waals surface area contributed by atoms with Crippen LogP contribution in [0.15, 0.2) is 30.3 Å². The molecule has 1 aliphatic heterocycles. The van der Waals surface area contributed by atoms with Crippen molar-refractivity contribution < 1.29 is 18.0 Å². The van der Waals surface area contributed by atoms with Crippen molar-refractivity contribution in [2.24, 2.45) is 0 Å². The van der Waals surface area contributed by atoms with E-state index in [0.29, 0.717) is 22.7 Å². The van der Waals surface area contributed by atoms with Gasteiger partial charge in [0.05, 0.1) is 0 Å². The molecule has 22 heavy (non-hydrogen) atoms. The lowest BCUT2D eigenvalue weighted by atomic mass is 9.83. The zero-order chi connectivity index (χ0) is 15.8. The van der Waals surface area contributed by atoms with Gasteiger partial charge in [-0.25, -0.2) is 8.42 Å². The van der Waals surface area contributed by atoms with Crippen LogP contribution >= 0.6 is 0 Å². The van der Waals surface area contributed by atoms with E-state index in [-0.39, 0.29) is 12.8 Å². The smallest absolute Gasteiger partial charge is 0.253 e. The number of hydrogen-bond donors (Lipinski definition) is 0. The van der Waals surface area contributed by atoms with Crippen LogP contribution in [-0.2, 0) is 24.4 Å². The Labute approximate surface area is 130 Å². The maximum Gasteiger partial charge on any atom is 0.253 e. The fourth-order valence-corrected chi connectivity index (χ4v) is 5.87. The summed E-state index contributed by atoms with van der Waals surface area (Å²) in [6, 6.07) is 9.00. The third-order valence-corrected chi connectivity index (χ3v) is 7.22. The molecule has 5 nitrogen and oxygen atoms in total. The van der Waals surface area contributed by atoms with Gasteiger partial charge >= 0.3 is 0 Å². The Morgan fingerprint density at radius 3 is 1.95 bits per heavy atom. The van der Waals surface area contributed by atoms with Crippen molar-refractivity contribution in [1.29, 1.82) is 0 Å². The topological polar surface area (TPSA) is 71.5 Å². The largest absolute Gasteiger partial charge is 0.273 e. The number of carbonyl (C=O) groups excluding carboxylic acids is 2. The van der Waals surface area contributed by atoms with E-state index < -0.39 is 26.6 Å². The van der Waals surface area contributed by atoms with Crippen molar-refractivity contribution in [1.82, 2.24) is 4.31 Å². The maximum atomic E-state index is 13.2. The van der Waals surface area contributed by atoms with Crippen LogP contribution in [0, 0.1) is 0 Å². The van der Waals surface area contributed by atoms with E-state index in [2.05, 4.69) is 0 Å². The van der Waals surface area contributed by atoms with Crippen LogP contribution in [0.5, 0.6) is 0 Å². The molecule has 1 saturated carbocycles. The SMILES string of the molecule is O=C1CCC(=O)N1S(=O)(=O)C1(c2ccccc2)CCCCC1. The molecule has 0 aromatic heterocycles. The Morgan fingerprint density at radius 2 is 1.41 bits per heavy atom. The summed E-state index contributed by atoms with van der Waals surface area (Å²) in [5.41, 5.74) is 0.683. The highest BCUT2D eigenvalue weighted by atomic mass is 32.2. The van der Waals surface area contributed by atoms with Gasteiger partial charge in [0.25, 0.3) is 10.0 Å². The molecule has 1 aromatic carbocycles. The van der Waals surface area contributed by atoms with Gasteiger partial charge in [-0.15, -0.1) is 0 Å². The Hall–Kier alpha value is -1.69. The average Bonchev–Trinajstić information content (AvgIpc) is 2.88. The van der Waals surface area contributed by atoms with Gasteiger partial charge in [-0.05, 0) is 18.4 Å². The molecule has 1 heterocycles. The number of amides is 2. The molecule has 0 spiro atoms. The second-order valence-corrected chi connectivity index (χ2v) is 8.07. The third-order valence-electron chi connectivity index (χ3n) is 4.70. The highest BCUT2D eigenvalue weighted by molar-refractivity contribution is 7.91. The summed E-state index contributed by atoms with van der Waals surface area (Å²) in [6.45, 7) is 0. The number of nitrogens with zero attached hydrogens (tertiary/aromatic N) is 1. The van der Waals surface area contributed by atoms with Crippen LogP contribution in [0.1, 0.15) is 50.5 Å². The van der Waals surface area contributed by atoms with E-state index in [1.54, 1.807) is 24.3 Å². The first-order valence-electron chi connectivity index (χ1n) is 7.65. The van der Waals surface area contributed by atoms with E-state index in [0.717, 1.165) is 19.3 Å². The molecule has 118 valence electrons. The van der Waals surface area contributed by atoms with Gasteiger partial charge in [-0.1, -0.05) is 49.6 Å². The lowest BCUT2D eigenvalue weighted by Gasteiger charge is -2.39. The Morgan fingerprint density at radius 1 is 0.864 bits per heavy atom. The molecule has 1 aliphatic carbocycles. The van der Waals surface area contributed by atoms with Crippen molar-refractivity contribution >= 4 is 21.8 Å². The first-order chi connectivity index (χ1) is 10.5. The van der Waals surface area contributed by atoms with Gasteiger partial charge in [0.15, 0.2) is 0 Å². The fourth-order valence-electron chi connectivity index (χ4n) is 3.56. The van der Waals surface area contributed by atoms with Crippen LogP contribution < -0.4 is 0 Å². The molecular formula is C16H19NO4S. The number of hydrogen-bond acceptors (Lipinski definition) is 4. The molecule has 0 N–H and O–H groups in total. The van der Waals surface area contributed by atoms with Gasteiger partial charge < -0.3 is 0 Å². The highest BCUT2D eigenvalue weighted by Crippen LogP contribution is 2.46. The predicted octanol–water partition coefficient (Wildman–Crippen LogP) is 2.32. The van der Waals surface area contributed by atoms with Gasteiger partial charge in [0, 0.05) is 12.8 Å². The maximum absolute atomic E-state index is 13.2. The van der Waals surface area contributed by atoms with E-state index >= 15 is 0 Å². The quantitative estimate of drug-likeness (QED) is 0.801. The Kier molecular flexibility index (Phi) is 3.80. The molecule has 3 rings (SSSR count). The van der Waals surface area contributed by atoms with Crippen molar-refractivity contribution in [3.8, 4) is 0 Å². The van der Waals surface area contributed by atoms with Crippen molar-refractivity contribution in [2.45, 2.75) is 49.7 Å². The van der Waals surface area contributed by atoms with Gasteiger partial charge in [-0.2, -0.15) is 4.31 Å². The van der Waals surface area contributed by atoms with E-state index in [9.17, 15) is 18.0 Å².